The van der Waals surface area contributed by atoms with Crippen LogP contribution in [0.5, 0.6) is 0 Å². The van der Waals surface area contributed by atoms with Crippen molar-refractivity contribution in [3.05, 3.63) is 0 Å². The summed E-state index contributed by atoms with van der Waals surface area (Å²) in [7, 11) is 0. The summed E-state index contributed by atoms with van der Waals surface area (Å²) in [4.78, 5) is 10.3. The lowest BCUT2D eigenvalue weighted by Gasteiger charge is -2.22. The maximum absolute atomic E-state index is 10.3. The second kappa shape index (κ2) is 5.47. The van der Waals surface area contributed by atoms with Crippen LogP contribution in [0, 0.1) is 0 Å². The number of hydrogen-bond acceptors (Lipinski definition) is 4. The van der Waals surface area contributed by atoms with Gasteiger partial charge in [-0.3, -0.25) is 0 Å². The number of carbonyl (C=O) groups is 1. The average molecular weight is 205 g/mol. The predicted molar refractivity (Wildman–Crippen MR) is 47.7 cm³/mol. The normalized spacial score (nSPS) is 25.5. The van der Waals surface area contributed by atoms with Gasteiger partial charge in [0.2, 0.25) is 0 Å². The molecule has 2 atom stereocenters. The van der Waals surface area contributed by atoms with Crippen molar-refractivity contribution in [2.24, 2.45) is 0 Å². The van der Waals surface area contributed by atoms with Crippen LogP contribution in [-0.2, 0) is 9.53 Å². The van der Waals surface area contributed by atoms with Gasteiger partial charge in [-0.05, 0) is 19.3 Å². The molecule has 0 aromatic carbocycles. The number of aliphatic carboxylic acids is 1. The first-order valence-corrected chi connectivity index (χ1v) is 5.52. The monoisotopic (exact) mass is 205 g/mol. The van der Waals surface area contributed by atoms with E-state index in [1.54, 1.807) is 0 Å². The lowest BCUT2D eigenvalue weighted by Crippen LogP contribution is -2.69. The Balaban J connectivity index is 2.13. The molecule has 0 saturated carbocycles. The molecule has 0 aliphatic carbocycles. The molecule has 0 amide bonds. The van der Waals surface area contributed by atoms with Gasteiger partial charge in [0.25, 0.3) is 0 Å². The largest absolute Gasteiger partial charge is 0.544 e. The predicted octanol–water partition coefficient (Wildman–Crippen LogP) is -1.39. The Labute approximate surface area is 81.8 Å². The molecule has 0 aromatic heterocycles. The Morgan fingerprint density at radius 1 is 1.69 bits per heavy atom. The average Bonchev–Trinajstić information content (AvgIpc) is 2.15. The highest BCUT2D eigenvalue weighted by molar-refractivity contribution is 7.99. The molecular formula is C8H15NO3S. The van der Waals surface area contributed by atoms with Gasteiger partial charge >= 0.3 is 0 Å². The van der Waals surface area contributed by atoms with Crippen molar-refractivity contribution in [2.75, 3.05) is 12.4 Å². The van der Waals surface area contributed by atoms with Gasteiger partial charge in [-0.1, -0.05) is 0 Å². The van der Waals surface area contributed by atoms with Gasteiger partial charge in [0.15, 0.2) is 0 Å². The summed E-state index contributed by atoms with van der Waals surface area (Å²) >= 11 is 1.53. The third kappa shape index (κ3) is 3.97. The molecule has 0 radical (unpaired) electrons. The molecule has 0 spiro atoms. The third-order valence-corrected chi connectivity index (χ3v) is 3.29. The van der Waals surface area contributed by atoms with E-state index in [0.717, 1.165) is 19.4 Å². The fourth-order valence-electron chi connectivity index (χ4n) is 1.13. The Kier molecular flexibility index (Phi) is 4.55. The second-order valence-corrected chi connectivity index (χ2v) is 4.34. The molecule has 3 N–H and O–H groups in total. The van der Waals surface area contributed by atoms with Crippen LogP contribution < -0.4 is 10.8 Å². The molecule has 1 aliphatic heterocycles. The first kappa shape index (κ1) is 10.8. The molecule has 0 aromatic rings. The molecule has 0 bridgehead atoms. The van der Waals surface area contributed by atoms with Crippen LogP contribution in [0.2, 0.25) is 0 Å². The molecular weight excluding hydrogens is 190 g/mol. The van der Waals surface area contributed by atoms with Gasteiger partial charge in [-0.25, -0.2) is 0 Å². The summed E-state index contributed by atoms with van der Waals surface area (Å²) in [5, 5.41) is 10.3. The van der Waals surface area contributed by atoms with Crippen LogP contribution in [0.15, 0.2) is 0 Å². The van der Waals surface area contributed by atoms with Gasteiger partial charge in [-0.2, -0.15) is 0 Å². The SMILES string of the molecule is [NH3+][C@H](CS[C@@H]1CCCCO1)C(=O)[O-]. The summed E-state index contributed by atoms with van der Waals surface area (Å²) in [6.45, 7) is 0.796. The topological polar surface area (TPSA) is 77.0 Å². The molecule has 76 valence electrons. The van der Waals surface area contributed by atoms with Crippen LogP contribution >= 0.6 is 11.8 Å². The molecule has 4 nitrogen and oxygen atoms in total. The zero-order valence-electron chi connectivity index (χ0n) is 7.53. The molecule has 1 heterocycles. The van der Waals surface area contributed by atoms with Crippen LogP contribution in [0.1, 0.15) is 19.3 Å². The zero-order chi connectivity index (χ0) is 9.68. The van der Waals surface area contributed by atoms with E-state index in [1.165, 1.54) is 18.2 Å². The molecule has 1 saturated heterocycles. The van der Waals surface area contributed by atoms with E-state index in [9.17, 15) is 9.90 Å². The number of rotatable bonds is 4. The quantitative estimate of drug-likeness (QED) is 0.613. The standard InChI is InChI=1S/C8H15NO3S/c9-6(8(10)11)5-13-7-3-1-2-4-12-7/h6-7H,1-5,9H2,(H,10,11)/t6-,7-/m1/s1. The first-order chi connectivity index (χ1) is 6.20. The number of carboxylic acid groups (broad SMARTS) is 1. The van der Waals surface area contributed by atoms with Crippen molar-refractivity contribution >= 4 is 17.7 Å². The summed E-state index contributed by atoms with van der Waals surface area (Å²) in [6, 6.07) is -0.629. The Morgan fingerprint density at radius 3 is 3.00 bits per heavy atom. The number of ether oxygens (including phenoxy) is 1. The van der Waals surface area contributed by atoms with Crippen molar-refractivity contribution in [3.8, 4) is 0 Å². The maximum atomic E-state index is 10.3. The van der Waals surface area contributed by atoms with E-state index in [1.807, 2.05) is 0 Å². The molecule has 1 rings (SSSR count). The Hall–Kier alpha value is -0.260. The highest BCUT2D eigenvalue weighted by atomic mass is 32.2. The minimum atomic E-state index is -1.08. The number of thioether (sulfide) groups is 1. The highest BCUT2D eigenvalue weighted by Gasteiger charge is 2.16. The van der Waals surface area contributed by atoms with Gasteiger partial charge in [0.1, 0.15) is 11.5 Å². The molecule has 1 aliphatic rings. The number of carboxylic acids is 1. The van der Waals surface area contributed by atoms with Crippen LogP contribution in [0.4, 0.5) is 0 Å². The second-order valence-electron chi connectivity index (χ2n) is 3.15. The van der Waals surface area contributed by atoms with E-state index in [4.69, 9.17) is 4.74 Å². The minimum Gasteiger partial charge on any atom is -0.544 e. The fourth-order valence-corrected chi connectivity index (χ4v) is 2.24. The van der Waals surface area contributed by atoms with Gasteiger partial charge < -0.3 is 20.4 Å². The van der Waals surface area contributed by atoms with Gasteiger partial charge in [-0.15, -0.1) is 11.8 Å². The van der Waals surface area contributed by atoms with Gasteiger partial charge in [0, 0.05) is 6.61 Å². The van der Waals surface area contributed by atoms with E-state index in [2.05, 4.69) is 5.73 Å². The van der Waals surface area contributed by atoms with Crippen LogP contribution in [0.3, 0.4) is 0 Å². The van der Waals surface area contributed by atoms with Crippen LogP contribution in [-0.4, -0.2) is 29.8 Å². The van der Waals surface area contributed by atoms with Crippen molar-refractivity contribution < 1.29 is 20.4 Å². The number of carbonyl (C=O) groups excluding carboxylic acids is 1. The number of hydrogen-bond donors (Lipinski definition) is 1. The summed E-state index contributed by atoms with van der Waals surface area (Å²) < 4.78 is 5.43. The molecule has 1 fully saturated rings. The Bertz CT molecular complexity index is 171. The first-order valence-electron chi connectivity index (χ1n) is 4.47. The lowest BCUT2D eigenvalue weighted by molar-refractivity contribution is -0.431. The molecule has 13 heavy (non-hydrogen) atoms. The lowest BCUT2D eigenvalue weighted by atomic mass is 10.2. The van der Waals surface area contributed by atoms with Crippen molar-refractivity contribution in [3.63, 3.8) is 0 Å². The van der Waals surface area contributed by atoms with Crippen LogP contribution in [0.25, 0.3) is 0 Å². The number of quaternary nitrogens is 1. The minimum absolute atomic E-state index is 0.164. The van der Waals surface area contributed by atoms with Crippen molar-refractivity contribution in [2.45, 2.75) is 30.7 Å². The van der Waals surface area contributed by atoms with E-state index < -0.39 is 12.0 Å². The van der Waals surface area contributed by atoms with Crippen molar-refractivity contribution in [1.82, 2.24) is 0 Å². The summed E-state index contributed by atoms with van der Waals surface area (Å²) in [5.74, 6) is -0.601. The van der Waals surface area contributed by atoms with Crippen molar-refractivity contribution in [1.29, 1.82) is 0 Å². The highest BCUT2D eigenvalue weighted by Crippen LogP contribution is 2.23. The molecule has 5 heteroatoms. The van der Waals surface area contributed by atoms with E-state index in [-0.39, 0.29) is 5.44 Å². The third-order valence-electron chi connectivity index (χ3n) is 1.95. The van der Waals surface area contributed by atoms with E-state index >= 15 is 0 Å². The van der Waals surface area contributed by atoms with Gasteiger partial charge in [0.05, 0.1) is 11.7 Å². The maximum Gasteiger partial charge on any atom is 0.134 e. The smallest absolute Gasteiger partial charge is 0.134 e. The Morgan fingerprint density at radius 2 is 2.46 bits per heavy atom. The van der Waals surface area contributed by atoms with E-state index in [0.29, 0.717) is 5.75 Å². The molecule has 0 unspecified atom stereocenters. The zero-order valence-corrected chi connectivity index (χ0v) is 8.35. The summed E-state index contributed by atoms with van der Waals surface area (Å²) in [5.41, 5.74) is 3.65. The summed E-state index contributed by atoms with van der Waals surface area (Å²) in [6.07, 6.45) is 3.31. The fraction of sp³-hybridized carbons (Fsp3) is 0.875.